The lowest BCUT2D eigenvalue weighted by atomic mass is 9.99. The van der Waals surface area contributed by atoms with Crippen molar-refractivity contribution in [2.24, 2.45) is 0 Å². The quantitative estimate of drug-likeness (QED) is 0.329. The van der Waals surface area contributed by atoms with Crippen LogP contribution in [0.1, 0.15) is 15.9 Å². The van der Waals surface area contributed by atoms with Gasteiger partial charge in [0.1, 0.15) is 31.0 Å². The molecule has 5 atom stereocenters. The van der Waals surface area contributed by atoms with Gasteiger partial charge in [-0.05, 0) is 36.5 Å². The molecule has 11 heteroatoms. The minimum atomic E-state index is -1.53. The van der Waals surface area contributed by atoms with Crippen LogP contribution < -0.4 is 9.47 Å². The smallest absolute Gasteiger partial charge is 0.338 e. The molecule has 1 aliphatic heterocycles. The van der Waals surface area contributed by atoms with E-state index in [0.717, 1.165) is 11.3 Å². The largest absolute Gasteiger partial charge is 0.493 e. The predicted octanol–water partition coefficient (Wildman–Crippen LogP) is 2.65. The highest BCUT2D eigenvalue weighted by Crippen LogP contribution is 2.37. The van der Waals surface area contributed by atoms with Crippen LogP contribution in [0, 0.1) is 0 Å². The third kappa shape index (κ3) is 8.47. The summed E-state index contributed by atoms with van der Waals surface area (Å²) in [6, 6.07) is 12.7. The summed E-state index contributed by atoms with van der Waals surface area (Å²) in [5.74, 6) is 0.597. The summed E-state index contributed by atoms with van der Waals surface area (Å²) in [5.41, 5.74) is 1.21. The van der Waals surface area contributed by atoms with Gasteiger partial charge < -0.3 is 39.0 Å². The van der Waals surface area contributed by atoms with Crippen LogP contribution in [0.2, 0.25) is 5.02 Å². The number of methoxy groups -OCH3 is 1. The number of hydrogen-bond donors (Lipinski definition) is 3. The fourth-order valence-electron chi connectivity index (χ4n) is 3.74. The van der Waals surface area contributed by atoms with Crippen LogP contribution in [0.4, 0.5) is 0 Å². The van der Waals surface area contributed by atoms with Gasteiger partial charge in [-0.15, -0.1) is 0 Å². The van der Waals surface area contributed by atoms with Crippen LogP contribution in [-0.2, 0) is 20.6 Å². The maximum absolute atomic E-state index is 12.8. The Morgan fingerprint density at radius 2 is 1.74 bits per heavy atom. The Kier molecular flexibility index (Phi) is 11.1. The molecule has 0 radical (unpaired) electrons. The van der Waals surface area contributed by atoms with E-state index < -0.39 is 46.7 Å². The molecular weight excluding hydrogens is 536 g/mol. The van der Waals surface area contributed by atoms with Gasteiger partial charge in [0.15, 0.2) is 17.8 Å². The molecule has 3 rings (SSSR count). The van der Waals surface area contributed by atoms with Crippen molar-refractivity contribution in [1.82, 2.24) is 0 Å². The van der Waals surface area contributed by atoms with Gasteiger partial charge in [0.25, 0.3) is 0 Å². The van der Waals surface area contributed by atoms with Crippen molar-refractivity contribution >= 4 is 27.6 Å². The highest BCUT2D eigenvalue weighted by Gasteiger charge is 2.44. The number of esters is 1. The van der Waals surface area contributed by atoms with E-state index in [4.69, 9.17) is 35.3 Å². The molecule has 0 spiro atoms. The third-order valence-electron chi connectivity index (χ3n) is 5.97. The zero-order valence-electron chi connectivity index (χ0n) is 22.0. The van der Waals surface area contributed by atoms with Crippen LogP contribution >= 0.6 is 21.6 Å². The standard InChI is InChI=1S/C27H37ClO9S/c1-33-20-15-18(14-19(28)25(20)34-11-10-17-8-6-5-7-9-17)26(32)36-16-21-22(29)23(30)24(31)27(37-21)35-12-13-38(2,3)4/h5-9,14-15,21-24,27,29-31H,10-13,16H2,1-4H3/t21-,22-,23+,24-,27-/m1/s1. The fourth-order valence-corrected chi connectivity index (χ4v) is 4.60. The van der Waals surface area contributed by atoms with Gasteiger partial charge in [0.2, 0.25) is 0 Å². The fraction of sp³-hybridized carbons (Fsp3) is 0.519. The molecule has 2 aromatic rings. The van der Waals surface area contributed by atoms with Crippen molar-refractivity contribution in [2.45, 2.75) is 37.1 Å². The Morgan fingerprint density at radius 3 is 2.39 bits per heavy atom. The van der Waals surface area contributed by atoms with Crippen molar-refractivity contribution in [1.29, 1.82) is 0 Å². The number of aliphatic hydroxyl groups is 3. The maximum atomic E-state index is 12.8. The maximum Gasteiger partial charge on any atom is 0.338 e. The van der Waals surface area contributed by atoms with Gasteiger partial charge in [-0.1, -0.05) is 41.9 Å². The van der Waals surface area contributed by atoms with Gasteiger partial charge in [-0.3, -0.25) is 0 Å². The van der Waals surface area contributed by atoms with E-state index in [0.29, 0.717) is 25.4 Å². The average Bonchev–Trinajstić information content (AvgIpc) is 2.88. The van der Waals surface area contributed by atoms with Crippen LogP contribution in [0.25, 0.3) is 0 Å². The lowest BCUT2D eigenvalue weighted by Crippen LogP contribution is -2.59. The molecule has 1 aliphatic rings. The summed E-state index contributed by atoms with van der Waals surface area (Å²) in [6.45, 7) is 0.284. The topological polar surface area (TPSA) is 124 Å². The number of aliphatic hydroxyl groups excluding tert-OH is 3. The molecule has 0 aliphatic carbocycles. The first-order chi connectivity index (χ1) is 18.0. The normalized spacial score (nSPS) is 24.1. The number of carbonyl (C=O) groups excluding carboxylic acids is 1. The molecule has 0 unspecified atom stereocenters. The highest BCUT2D eigenvalue weighted by molar-refractivity contribution is 8.32. The second-order valence-electron chi connectivity index (χ2n) is 9.85. The number of hydrogen-bond acceptors (Lipinski definition) is 9. The van der Waals surface area contributed by atoms with Crippen LogP contribution in [-0.4, -0.2) is 103 Å². The summed E-state index contributed by atoms with van der Waals surface area (Å²) in [6.07, 6.45) is 0.314. The molecule has 0 amide bonds. The van der Waals surface area contributed by atoms with E-state index in [1.807, 2.05) is 30.3 Å². The third-order valence-corrected chi connectivity index (χ3v) is 7.64. The molecule has 0 aromatic heterocycles. The molecule has 0 bridgehead atoms. The average molecular weight is 573 g/mol. The van der Waals surface area contributed by atoms with E-state index in [9.17, 15) is 20.1 Å². The second-order valence-corrected chi connectivity index (χ2v) is 14.8. The molecule has 2 aromatic carbocycles. The number of carbonyl (C=O) groups is 1. The van der Waals surface area contributed by atoms with E-state index in [2.05, 4.69) is 18.8 Å². The van der Waals surface area contributed by atoms with Crippen LogP contribution in [0.15, 0.2) is 42.5 Å². The van der Waals surface area contributed by atoms with E-state index in [1.54, 1.807) is 0 Å². The molecule has 9 nitrogen and oxygen atoms in total. The molecule has 38 heavy (non-hydrogen) atoms. The number of ether oxygens (including phenoxy) is 5. The van der Waals surface area contributed by atoms with E-state index >= 15 is 0 Å². The first-order valence-electron chi connectivity index (χ1n) is 12.2. The Balaban J connectivity index is 1.60. The molecule has 1 heterocycles. The highest BCUT2D eigenvalue weighted by atomic mass is 35.5. The summed E-state index contributed by atoms with van der Waals surface area (Å²) in [4.78, 5) is 12.8. The van der Waals surface area contributed by atoms with Gasteiger partial charge in [-0.2, -0.15) is 0 Å². The first-order valence-corrected chi connectivity index (χ1v) is 15.6. The minimum Gasteiger partial charge on any atom is -0.493 e. The number of benzene rings is 2. The molecule has 0 saturated carbocycles. The van der Waals surface area contributed by atoms with Gasteiger partial charge in [0, 0.05) is 12.2 Å². The van der Waals surface area contributed by atoms with E-state index in [-0.39, 0.29) is 22.9 Å². The summed E-state index contributed by atoms with van der Waals surface area (Å²) < 4.78 is 27.8. The van der Waals surface area contributed by atoms with Crippen LogP contribution in [0.3, 0.4) is 0 Å². The molecule has 212 valence electrons. The van der Waals surface area contributed by atoms with E-state index in [1.165, 1.54) is 19.2 Å². The zero-order chi connectivity index (χ0) is 27.9. The minimum absolute atomic E-state index is 0.106. The SMILES string of the molecule is COc1cc(C(=O)OC[C@H]2O[C@@H](OCCS(C)(C)C)[C@H](O)[C@@H](O)[C@@H]2O)cc(Cl)c1OCCc1ccccc1. The second kappa shape index (κ2) is 13.8. The summed E-state index contributed by atoms with van der Waals surface area (Å²) >= 11 is 6.39. The van der Waals surface area contributed by atoms with Crippen molar-refractivity contribution < 1.29 is 43.8 Å². The van der Waals surface area contributed by atoms with Gasteiger partial charge >= 0.3 is 5.97 Å². The Morgan fingerprint density at radius 1 is 1.03 bits per heavy atom. The lowest BCUT2D eigenvalue weighted by Gasteiger charge is -2.40. The van der Waals surface area contributed by atoms with Gasteiger partial charge in [0.05, 0.1) is 30.9 Å². The first kappa shape index (κ1) is 30.5. The predicted molar refractivity (Wildman–Crippen MR) is 147 cm³/mol. The monoisotopic (exact) mass is 572 g/mol. The Bertz CT molecular complexity index is 1050. The summed E-state index contributed by atoms with van der Waals surface area (Å²) in [7, 11) is 0.599. The van der Waals surface area contributed by atoms with Crippen molar-refractivity contribution in [3.05, 3.63) is 58.6 Å². The molecule has 1 fully saturated rings. The van der Waals surface area contributed by atoms with Crippen molar-refractivity contribution in [2.75, 3.05) is 51.5 Å². The summed E-state index contributed by atoms with van der Waals surface area (Å²) in [5, 5.41) is 31.0. The van der Waals surface area contributed by atoms with Crippen molar-refractivity contribution in [3.8, 4) is 11.5 Å². The molecule has 1 saturated heterocycles. The van der Waals surface area contributed by atoms with Gasteiger partial charge in [-0.25, -0.2) is 14.8 Å². The lowest BCUT2D eigenvalue weighted by molar-refractivity contribution is -0.299. The van der Waals surface area contributed by atoms with Crippen molar-refractivity contribution in [3.63, 3.8) is 0 Å². The Labute approximate surface area is 229 Å². The zero-order valence-corrected chi connectivity index (χ0v) is 23.6. The number of halogens is 1. The number of rotatable bonds is 12. The molecule has 3 N–H and O–H groups in total. The molecular formula is C27H37ClO9S. The van der Waals surface area contributed by atoms with Crippen LogP contribution in [0.5, 0.6) is 11.5 Å². The Hall–Kier alpha value is -2.05.